The molecule has 0 saturated heterocycles. The molecule has 0 fully saturated rings. The van der Waals surface area contributed by atoms with Crippen molar-refractivity contribution in [3.63, 3.8) is 0 Å². The van der Waals surface area contributed by atoms with Crippen LogP contribution in [0, 0.1) is 0 Å². The summed E-state index contributed by atoms with van der Waals surface area (Å²) in [5.41, 5.74) is 6.64. The second-order valence-electron chi connectivity index (χ2n) is 3.11. The number of carbonyl (C=O) groups is 1. The van der Waals surface area contributed by atoms with Crippen LogP contribution >= 0.6 is 0 Å². The van der Waals surface area contributed by atoms with Gasteiger partial charge in [0, 0.05) is 12.7 Å². The first-order valence-electron chi connectivity index (χ1n) is 4.69. The molecule has 0 aliphatic rings. The Morgan fingerprint density at radius 1 is 1.27 bits per heavy atom. The van der Waals surface area contributed by atoms with Crippen molar-refractivity contribution in [3.05, 3.63) is 35.4 Å². The van der Waals surface area contributed by atoms with Crippen LogP contribution in [0.1, 0.15) is 15.9 Å². The molecule has 0 saturated carbocycles. The summed E-state index contributed by atoms with van der Waals surface area (Å²) in [6, 6.07) is 7.04. The van der Waals surface area contributed by atoms with Gasteiger partial charge >= 0.3 is 0 Å². The number of hydrogen-bond acceptors (Lipinski definition) is 3. The molecule has 1 amide bonds. The fraction of sp³-hybridized carbons (Fsp3) is 0.364. The third-order valence-corrected chi connectivity index (χ3v) is 1.94. The summed E-state index contributed by atoms with van der Waals surface area (Å²) in [6.45, 7) is 1.66. The fourth-order valence-electron chi connectivity index (χ4n) is 1.10. The molecule has 2 N–H and O–H groups in total. The Morgan fingerprint density at radius 2 is 1.93 bits per heavy atom. The highest BCUT2D eigenvalue weighted by atomic mass is 16.5. The molecule has 82 valence electrons. The molecule has 1 rings (SSSR count). The van der Waals surface area contributed by atoms with Crippen LogP contribution in [0.4, 0.5) is 0 Å². The van der Waals surface area contributed by atoms with Crippen molar-refractivity contribution in [3.8, 4) is 0 Å². The minimum absolute atomic E-state index is 0.415. The number of amides is 1. The summed E-state index contributed by atoms with van der Waals surface area (Å²) >= 11 is 0. The molecule has 0 aromatic heterocycles. The van der Waals surface area contributed by atoms with Gasteiger partial charge in [0.25, 0.3) is 0 Å². The zero-order chi connectivity index (χ0) is 11.1. The molecular weight excluding hydrogens is 194 g/mol. The summed E-state index contributed by atoms with van der Waals surface area (Å²) in [5.74, 6) is -0.415. The highest BCUT2D eigenvalue weighted by Crippen LogP contribution is 2.05. The molecule has 0 bridgehead atoms. The number of ether oxygens (including phenoxy) is 2. The molecule has 0 spiro atoms. The van der Waals surface area contributed by atoms with Crippen LogP contribution in [-0.4, -0.2) is 26.2 Å². The topological polar surface area (TPSA) is 61.6 Å². The SMILES string of the molecule is COCCOCc1ccc(C(N)=O)cc1. The van der Waals surface area contributed by atoms with Gasteiger partial charge in [-0.25, -0.2) is 0 Å². The van der Waals surface area contributed by atoms with E-state index in [-0.39, 0.29) is 0 Å². The van der Waals surface area contributed by atoms with E-state index in [0.717, 1.165) is 5.56 Å². The fourth-order valence-corrected chi connectivity index (χ4v) is 1.10. The Kier molecular flexibility index (Phi) is 4.80. The molecule has 0 aliphatic carbocycles. The standard InChI is InChI=1S/C11H15NO3/c1-14-6-7-15-8-9-2-4-10(5-3-9)11(12)13/h2-5H,6-8H2,1H3,(H2,12,13). The minimum atomic E-state index is -0.415. The van der Waals surface area contributed by atoms with Gasteiger partial charge in [-0.2, -0.15) is 0 Å². The largest absolute Gasteiger partial charge is 0.382 e. The van der Waals surface area contributed by atoms with Crippen LogP contribution in [0.2, 0.25) is 0 Å². The molecule has 4 heteroatoms. The smallest absolute Gasteiger partial charge is 0.248 e. The molecular formula is C11H15NO3. The van der Waals surface area contributed by atoms with Crippen LogP contribution in [-0.2, 0) is 16.1 Å². The summed E-state index contributed by atoms with van der Waals surface area (Å²) in [5, 5.41) is 0. The van der Waals surface area contributed by atoms with Crippen LogP contribution in [0.3, 0.4) is 0 Å². The van der Waals surface area contributed by atoms with E-state index in [2.05, 4.69) is 0 Å². The number of rotatable bonds is 6. The van der Waals surface area contributed by atoms with E-state index in [1.54, 1.807) is 19.2 Å². The van der Waals surface area contributed by atoms with Crippen LogP contribution in [0.5, 0.6) is 0 Å². The molecule has 1 aromatic rings. The first-order valence-corrected chi connectivity index (χ1v) is 4.69. The first kappa shape index (κ1) is 11.7. The van der Waals surface area contributed by atoms with E-state index in [9.17, 15) is 4.79 Å². The van der Waals surface area contributed by atoms with Crippen molar-refractivity contribution in [1.29, 1.82) is 0 Å². The van der Waals surface area contributed by atoms with Gasteiger partial charge in [-0.15, -0.1) is 0 Å². The van der Waals surface area contributed by atoms with Crippen molar-refractivity contribution in [2.75, 3.05) is 20.3 Å². The van der Waals surface area contributed by atoms with E-state index in [0.29, 0.717) is 25.4 Å². The van der Waals surface area contributed by atoms with Gasteiger partial charge in [0.05, 0.1) is 19.8 Å². The maximum Gasteiger partial charge on any atom is 0.248 e. The van der Waals surface area contributed by atoms with Gasteiger partial charge in [0.1, 0.15) is 0 Å². The lowest BCUT2D eigenvalue weighted by Crippen LogP contribution is -2.10. The Morgan fingerprint density at radius 3 is 2.47 bits per heavy atom. The predicted octanol–water partition coefficient (Wildman–Crippen LogP) is 0.949. The van der Waals surface area contributed by atoms with Crippen LogP contribution < -0.4 is 5.73 Å². The molecule has 0 radical (unpaired) electrons. The number of benzene rings is 1. The van der Waals surface area contributed by atoms with Crippen molar-refractivity contribution in [2.24, 2.45) is 5.73 Å². The molecule has 0 heterocycles. The van der Waals surface area contributed by atoms with Crippen LogP contribution in [0.15, 0.2) is 24.3 Å². The molecule has 0 atom stereocenters. The molecule has 15 heavy (non-hydrogen) atoms. The average Bonchev–Trinajstić information content (AvgIpc) is 2.25. The quantitative estimate of drug-likeness (QED) is 0.709. The second-order valence-corrected chi connectivity index (χ2v) is 3.11. The lowest BCUT2D eigenvalue weighted by atomic mass is 10.1. The van der Waals surface area contributed by atoms with E-state index in [4.69, 9.17) is 15.2 Å². The highest BCUT2D eigenvalue weighted by Gasteiger charge is 1.99. The zero-order valence-corrected chi connectivity index (χ0v) is 8.73. The first-order chi connectivity index (χ1) is 7.24. The number of carbonyl (C=O) groups excluding carboxylic acids is 1. The molecule has 1 aromatic carbocycles. The summed E-state index contributed by atoms with van der Waals surface area (Å²) < 4.78 is 10.2. The number of methoxy groups -OCH3 is 1. The molecule has 0 unspecified atom stereocenters. The minimum Gasteiger partial charge on any atom is -0.382 e. The van der Waals surface area contributed by atoms with Gasteiger partial charge in [0.15, 0.2) is 0 Å². The zero-order valence-electron chi connectivity index (χ0n) is 8.73. The van der Waals surface area contributed by atoms with Crippen LogP contribution in [0.25, 0.3) is 0 Å². The summed E-state index contributed by atoms with van der Waals surface area (Å²) in [6.07, 6.45) is 0. The number of nitrogens with two attached hydrogens (primary N) is 1. The van der Waals surface area contributed by atoms with Crippen molar-refractivity contribution in [2.45, 2.75) is 6.61 Å². The molecule has 4 nitrogen and oxygen atoms in total. The molecule has 0 aliphatic heterocycles. The van der Waals surface area contributed by atoms with Gasteiger partial charge < -0.3 is 15.2 Å². The third-order valence-electron chi connectivity index (χ3n) is 1.94. The van der Waals surface area contributed by atoms with E-state index in [1.165, 1.54) is 0 Å². The normalized spacial score (nSPS) is 10.2. The number of hydrogen-bond donors (Lipinski definition) is 1. The Bertz CT molecular complexity index is 308. The Hall–Kier alpha value is -1.39. The van der Waals surface area contributed by atoms with Gasteiger partial charge in [-0.05, 0) is 17.7 Å². The Balaban J connectivity index is 2.39. The lowest BCUT2D eigenvalue weighted by Gasteiger charge is -2.04. The van der Waals surface area contributed by atoms with E-state index in [1.807, 2.05) is 12.1 Å². The average molecular weight is 209 g/mol. The number of primary amides is 1. The van der Waals surface area contributed by atoms with Gasteiger partial charge in [-0.1, -0.05) is 12.1 Å². The highest BCUT2D eigenvalue weighted by molar-refractivity contribution is 5.92. The Labute approximate surface area is 89.0 Å². The van der Waals surface area contributed by atoms with E-state index >= 15 is 0 Å². The van der Waals surface area contributed by atoms with Crippen molar-refractivity contribution >= 4 is 5.91 Å². The lowest BCUT2D eigenvalue weighted by molar-refractivity contribution is 0.0616. The third kappa shape index (κ3) is 4.10. The summed E-state index contributed by atoms with van der Waals surface area (Å²) in [4.78, 5) is 10.8. The monoisotopic (exact) mass is 209 g/mol. The maximum atomic E-state index is 10.8. The van der Waals surface area contributed by atoms with Gasteiger partial charge in [0.2, 0.25) is 5.91 Å². The maximum absolute atomic E-state index is 10.8. The van der Waals surface area contributed by atoms with Crippen molar-refractivity contribution in [1.82, 2.24) is 0 Å². The summed E-state index contributed by atoms with van der Waals surface area (Å²) in [7, 11) is 1.63. The van der Waals surface area contributed by atoms with Gasteiger partial charge in [-0.3, -0.25) is 4.79 Å². The predicted molar refractivity (Wildman–Crippen MR) is 56.5 cm³/mol. The second kappa shape index (κ2) is 6.16. The van der Waals surface area contributed by atoms with Crippen molar-refractivity contribution < 1.29 is 14.3 Å². The van der Waals surface area contributed by atoms with E-state index < -0.39 is 5.91 Å².